The SMILES string of the molecule is COc1cc2c(c(OC)c1OC)C(OC)C(=Cc1ccccc1)CO2. The van der Waals surface area contributed by atoms with E-state index in [1.807, 2.05) is 36.4 Å². The van der Waals surface area contributed by atoms with E-state index in [1.165, 1.54) is 0 Å². The van der Waals surface area contributed by atoms with Crippen molar-refractivity contribution in [3.05, 3.63) is 53.1 Å². The fraction of sp³-hybridized carbons (Fsp3) is 0.300. The summed E-state index contributed by atoms with van der Waals surface area (Å²) in [5.41, 5.74) is 2.90. The van der Waals surface area contributed by atoms with Crippen LogP contribution in [-0.4, -0.2) is 35.0 Å². The van der Waals surface area contributed by atoms with Gasteiger partial charge in [-0.05, 0) is 11.6 Å². The molecule has 0 aromatic heterocycles. The third-order valence-electron chi connectivity index (χ3n) is 4.21. The van der Waals surface area contributed by atoms with Crippen LogP contribution >= 0.6 is 0 Å². The van der Waals surface area contributed by atoms with Crippen molar-refractivity contribution in [2.24, 2.45) is 0 Å². The van der Waals surface area contributed by atoms with Crippen molar-refractivity contribution < 1.29 is 23.7 Å². The normalized spacial score (nSPS) is 17.6. The molecule has 1 heterocycles. The molecule has 0 N–H and O–H groups in total. The molecule has 5 heteroatoms. The monoisotopic (exact) mass is 342 g/mol. The maximum atomic E-state index is 5.96. The zero-order valence-electron chi connectivity index (χ0n) is 14.9. The zero-order valence-corrected chi connectivity index (χ0v) is 14.9. The quantitative estimate of drug-likeness (QED) is 0.825. The zero-order chi connectivity index (χ0) is 17.8. The summed E-state index contributed by atoms with van der Waals surface area (Å²) in [6.07, 6.45) is 1.78. The van der Waals surface area contributed by atoms with Gasteiger partial charge in [0.05, 0.1) is 26.9 Å². The summed E-state index contributed by atoms with van der Waals surface area (Å²) in [5.74, 6) is 2.31. The number of ether oxygens (including phenoxy) is 5. The van der Waals surface area contributed by atoms with Crippen LogP contribution in [0, 0.1) is 0 Å². The molecule has 0 fully saturated rings. The summed E-state index contributed by atoms with van der Waals surface area (Å²) in [7, 11) is 6.44. The van der Waals surface area contributed by atoms with Gasteiger partial charge in [0.25, 0.3) is 0 Å². The predicted molar refractivity (Wildman–Crippen MR) is 95.8 cm³/mol. The Morgan fingerprint density at radius 3 is 2.28 bits per heavy atom. The van der Waals surface area contributed by atoms with Gasteiger partial charge in [-0.2, -0.15) is 0 Å². The lowest BCUT2D eigenvalue weighted by Crippen LogP contribution is -2.20. The van der Waals surface area contributed by atoms with Gasteiger partial charge >= 0.3 is 0 Å². The highest BCUT2D eigenvalue weighted by Crippen LogP contribution is 2.51. The molecule has 25 heavy (non-hydrogen) atoms. The molecular weight excluding hydrogens is 320 g/mol. The lowest BCUT2D eigenvalue weighted by atomic mass is 9.95. The van der Waals surface area contributed by atoms with E-state index < -0.39 is 0 Å². The van der Waals surface area contributed by atoms with Gasteiger partial charge in [0.1, 0.15) is 18.5 Å². The van der Waals surface area contributed by atoms with E-state index in [4.69, 9.17) is 23.7 Å². The van der Waals surface area contributed by atoms with Gasteiger partial charge in [0.15, 0.2) is 11.5 Å². The molecule has 0 saturated heterocycles. The highest BCUT2D eigenvalue weighted by Gasteiger charge is 2.33. The standard InChI is InChI=1S/C20H22O5/c1-21-16-11-15-17(20(24-4)19(16)23-3)18(22-2)14(12-25-15)10-13-8-6-5-7-9-13/h5-11,18H,12H2,1-4H3. The molecule has 3 rings (SSSR count). The van der Waals surface area contributed by atoms with Crippen LogP contribution in [0.25, 0.3) is 6.08 Å². The molecule has 1 unspecified atom stereocenters. The largest absolute Gasteiger partial charge is 0.493 e. The van der Waals surface area contributed by atoms with Crippen molar-refractivity contribution in [1.82, 2.24) is 0 Å². The Bertz CT molecular complexity index is 767. The first-order valence-corrected chi connectivity index (χ1v) is 7.97. The van der Waals surface area contributed by atoms with Crippen molar-refractivity contribution in [1.29, 1.82) is 0 Å². The Balaban J connectivity index is 2.14. The summed E-state index contributed by atoms with van der Waals surface area (Å²) < 4.78 is 28.3. The van der Waals surface area contributed by atoms with Gasteiger partial charge in [-0.1, -0.05) is 30.3 Å². The lowest BCUT2D eigenvalue weighted by molar-refractivity contribution is 0.105. The molecule has 132 valence electrons. The third-order valence-corrected chi connectivity index (χ3v) is 4.21. The summed E-state index contributed by atoms with van der Waals surface area (Å²) in [6, 6.07) is 11.9. The minimum atomic E-state index is -0.293. The van der Waals surface area contributed by atoms with Crippen LogP contribution < -0.4 is 18.9 Å². The van der Waals surface area contributed by atoms with Crippen molar-refractivity contribution in [3.8, 4) is 23.0 Å². The van der Waals surface area contributed by atoms with Crippen LogP contribution in [0.5, 0.6) is 23.0 Å². The summed E-state index contributed by atoms with van der Waals surface area (Å²) in [4.78, 5) is 0. The van der Waals surface area contributed by atoms with Crippen molar-refractivity contribution in [2.45, 2.75) is 6.10 Å². The van der Waals surface area contributed by atoms with E-state index >= 15 is 0 Å². The van der Waals surface area contributed by atoms with Gasteiger partial charge in [0.2, 0.25) is 5.75 Å². The molecule has 0 saturated carbocycles. The fourth-order valence-electron chi connectivity index (χ4n) is 3.10. The summed E-state index contributed by atoms with van der Waals surface area (Å²) in [6.45, 7) is 0.430. The molecule has 2 aromatic rings. The van der Waals surface area contributed by atoms with Gasteiger partial charge in [0, 0.05) is 18.7 Å². The van der Waals surface area contributed by atoms with Crippen LogP contribution in [0.2, 0.25) is 0 Å². The van der Waals surface area contributed by atoms with E-state index in [0.717, 1.165) is 16.7 Å². The molecule has 0 spiro atoms. The Morgan fingerprint density at radius 1 is 0.960 bits per heavy atom. The van der Waals surface area contributed by atoms with Crippen molar-refractivity contribution in [2.75, 3.05) is 35.0 Å². The van der Waals surface area contributed by atoms with E-state index in [-0.39, 0.29) is 6.10 Å². The molecule has 0 aliphatic carbocycles. The van der Waals surface area contributed by atoms with E-state index in [1.54, 1.807) is 28.4 Å². The second kappa shape index (κ2) is 7.49. The number of rotatable bonds is 5. The highest BCUT2D eigenvalue weighted by molar-refractivity contribution is 5.67. The second-order valence-electron chi connectivity index (χ2n) is 5.59. The molecule has 1 aliphatic heterocycles. The Labute approximate surface area is 147 Å². The molecule has 5 nitrogen and oxygen atoms in total. The number of methoxy groups -OCH3 is 4. The van der Waals surface area contributed by atoms with Crippen LogP contribution in [-0.2, 0) is 4.74 Å². The Kier molecular flexibility index (Phi) is 5.14. The smallest absolute Gasteiger partial charge is 0.203 e. The Morgan fingerprint density at radius 2 is 1.68 bits per heavy atom. The van der Waals surface area contributed by atoms with Gasteiger partial charge in [-0.25, -0.2) is 0 Å². The van der Waals surface area contributed by atoms with Crippen molar-refractivity contribution >= 4 is 6.08 Å². The van der Waals surface area contributed by atoms with Crippen molar-refractivity contribution in [3.63, 3.8) is 0 Å². The molecule has 0 amide bonds. The van der Waals surface area contributed by atoms with E-state index in [2.05, 4.69) is 6.08 Å². The molecule has 0 radical (unpaired) electrons. The minimum Gasteiger partial charge on any atom is -0.493 e. The van der Waals surface area contributed by atoms with Gasteiger partial charge < -0.3 is 23.7 Å². The molecule has 1 atom stereocenters. The first-order valence-electron chi connectivity index (χ1n) is 7.97. The van der Waals surface area contributed by atoms with Crippen LogP contribution in [0.4, 0.5) is 0 Å². The van der Waals surface area contributed by atoms with Gasteiger partial charge in [-0.15, -0.1) is 0 Å². The topological polar surface area (TPSA) is 46.2 Å². The molecule has 2 aromatic carbocycles. The minimum absolute atomic E-state index is 0.293. The average molecular weight is 342 g/mol. The van der Waals surface area contributed by atoms with Crippen LogP contribution in [0.15, 0.2) is 42.0 Å². The van der Waals surface area contributed by atoms with Gasteiger partial charge in [-0.3, -0.25) is 0 Å². The maximum absolute atomic E-state index is 5.96. The molecular formula is C20H22O5. The van der Waals surface area contributed by atoms with Crippen LogP contribution in [0.3, 0.4) is 0 Å². The summed E-state index contributed by atoms with van der Waals surface area (Å²) >= 11 is 0. The number of benzene rings is 2. The first-order chi connectivity index (χ1) is 12.2. The molecule has 0 bridgehead atoms. The third kappa shape index (κ3) is 3.15. The van der Waals surface area contributed by atoms with E-state index in [0.29, 0.717) is 29.6 Å². The Hall–Kier alpha value is -2.66. The average Bonchev–Trinajstić information content (AvgIpc) is 2.67. The first kappa shape index (κ1) is 17.2. The number of fused-ring (bicyclic) bond motifs is 1. The fourth-order valence-corrected chi connectivity index (χ4v) is 3.10. The summed E-state index contributed by atoms with van der Waals surface area (Å²) in [5, 5.41) is 0. The van der Waals surface area contributed by atoms with Crippen LogP contribution in [0.1, 0.15) is 17.2 Å². The maximum Gasteiger partial charge on any atom is 0.203 e. The molecule has 1 aliphatic rings. The lowest BCUT2D eigenvalue weighted by Gasteiger charge is -2.30. The predicted octanol–water partition coefficient (Wildman–Crippen LogP) is 3.88. The highest BCUT2D eigenvalue weighted by atomic mass is 16.5. The number of hydrogen-bond acceptors (Lipinski definition) is 5. The second-order valence-corrected chi connectivity index (χ2v) is 5.59. The number of hydrogen-bond donors (Lipinski definition) is 0. The van der Waals surface area contributed by atoms with E-state index in [9.17, 15) is 0 Å².